The Labute approximate surface area is 130 Å². The summed E-state index contributed by atoms with van der Waals surface area (Å²) < 4.78 is 29.5. The zero-order chi connectivity index (χ0) is 15.3. The molecule has 5 nitrogen and oxygen atoms in total. The minimum absolute atomic E-state index is 0.221. The molecule has 0 spiro atoms. The second-order valence-electron chi connectivity index (χ2n) is 6.43. The summed E-state index contributed by atoms with van der Waals surface area (Å²) in [6, 6.07) is 0.221. The lowest BCUT2D eigenvalue weighted by Crippen LogP contribution is -2.52. The van der Waals surface area contributed by atoms with Gasteiger partial charge in [-0.2, -0.15) is 17.0 Å². The summed E-state index contributed by atoms with van der Waals surface area (Å²) in [7, 11) is -1.35. The van der Waals surface area contributed by atoms with E-state index in [1.165, 1.54) is 19.3 Å². The van der Waals surface area contributed by atoms with E-state index in [9.17, 15) is 8.42 Å². The Hall–Kier alpha value is -0.170. The van der Waals surface area contributed by atoms with Gasteiger partial charge >= 0.3 is 0 Å². The Morgan fingerprint density at radius 2 is 1.86 bits per heavy atom. The molecule has 0 aromatic rings. The van der Waals surface area contributed by atoms with Crippen LogP contribution in [-0.2, 0) is 10.2 Å². The lowest BCUT2D eigenvalue weighted by Gasteiger charge is -2.39. The molecular weight excluding hydrogens is 286 g/mol. The molecule has 1 heterocycles. The number of hydrogen-bond donors (Lipinski definition) is 1. The van der Waals surface area contributed by atoms with Crippen LogP contribution in [0.25, 0.3) is 0 Å². The van der Waals surface area contributed by atoms with Crippen LogP contribution in [0.15, 0.2) is 0 Å². The van der Waals surface area contributed by atoms with Crippen LogP contribution < -0.4 is 5.32 Å². The lowest BCUT2D eigenvalue weighted by molar-refractivity contribution is 0.212. The third kappa shape index (κ3) is 4.18. The topological polar surface area (TPSA) is 52.7 Å². The second kappa shape index (κ2) is 7.90. The third-order valence-corrected chi connectivity index (χ3v) is 7.02. The number of hydrogen-bond acceptors (Lipinski definition) is 3. The van der Waals surface area contributed by atoms with Gasteiger partial charge in [-0.1, -0.05) is 26.2 Å². The number of piperidine rings is 1. The zero-order valence-electron chi connectivity index (χ0n) is 13.6. The van der Waals surface area contributed by atoms with Crippen LogP contribution in [0.3, 0.4) is 0 Å². The highest BCUT2D eigenvalue weighted by Crippen LogP contribution is 2.28. The smallest absolute Gasteiger partial charge is 0.282 e. The molecule has 1 aliphatic heterocycles. The molecule has 0 amide bonds. The number of nitrogens with one attached hydrogen (secondary N) is 1. The maximum atomic E-state index is 13.0. The highest BCUT2D eigenvalue weighted by atomic mass is 32.2. The molecule has 1 atom stereocenters. The first-order valence-electron chi connectivity index (χ1n) is 8.51. The zero-order valence-corrected chi connectivity index (χ0v) is 14.4. The molecule has 1 saturated heterocycles. The van der Waals surface area contributed by atoms with E-state index in [1.807, 2.05) is 14.0 Å². The molecule has 1 unspecified atom stereocenters. The number of rotatable bonds is 6. The van der Waals surface area contributed by atoms with E-state index in [0.29, 0.717) is 25.6 Å². The van der Waals surface area contributed by atoms with Crippen molar-refractivity contribution in [2.24, 2.45) is 5.92 Å². The standard InChI is InChI=1S/C15H31N3O2S/c1-3-18(15-9-5-4-6-10-15)21(19,20)17-11-7-8-14(13-17)12-16-2/h14-16H,3-13H2,1-2H3. The summed E-state index contributed by atoms with van der Waals surface area (Å²) in [6.07, 6.45) is 7.75. The van der Waals surface area contributed by atoms with E-state index in [-0.39, 0.29) is 6.04 Å². The Kier molecular flexibility index (Phi) is 6.47. The van der Waals surface area contributed by atoms with Crippen LogP contribution in [0.1, 0.15) is 51.9 Å². The van der Waals surface area contributed by atoms with Crippen molar-refractivity contribution in [3.8, 4) is 0 Å². The van der Waals surface area contributed by atoms with Gasteiger partial charge in [0.05, 0.1) is 0 Å². The van der Waals surface area contributed by atoms with E-state index in [1.54, 1.807) is 8.61 Å². The molecule has 1 aliphatic carbocycles. The fraction of sp³-hybridized carbons (Fsp3) is 1.00. The van der Waals surface area contributed by atoms with Gasteiger partial charge in [-0.05, 0) is 45.2 Å². The molecule has 124 valence electrons. The summed E-state index contributed by atoms with van der Waals surface area (Å²) in [4.78, 5) is 0. The Bertz CT molecular complexity index is 405. The van der Waals surface area contributed by atoms with Crippen molar-refractivity contribution in [2.75, 3.05) is 33.2 Å². The SMILES string of the molecule is CCN(C1CCCCC1)S(=O)(=O)N1CCCC(CNC)C1. The van der Waals surface area contributed by atoms with Crippen molar-refractivity contribution < 1.29 is 8.42 Å². The van der Waals surface area contributed by atoms with E-state index < -0.39 is 10.2 Å². The average Bonchev–Trinajstić information content (AvgIpc) is 2.49. The van der Waals surface area contributed by atoms with Gasteiger partial charge in [0.2, 0.25) is 0 Å². The summed E-state index contributed by atoms with van der Waals surface area (Å²) in [5.74, 6) is 0.448. The van der Waals surface area contributed by atoms with Crippen molar-refractivity contribution in [2.45, 2.75) is 57.9 Å². The van der Waals surface area contributed by atoms with E-state index in [4.69, 9.17) is 0 Å². The Morgan fingerprint density at radius 1 is 1.14 bits per heavy atom. The van der Waals surface area contributed by atoms with Crippen molar-refractivity contribution in [1.29, 1.82) is 0 Å². The monoisotopic (exact) mass is 317 g/mol. The lowest BCUT2D eigenvalue weighted by atomic mass is 9.95. The summed E-state index contributed by atoms with van der Waals surface area (Å²) in [5, 5.41) is 3.18. The van der Waals surface area contributed by atoms with Crippen molar-refractivity contribution in [3.63, 3.8) is 0 Å². The van der Waals surface area contributed by atoms with Gasteiger partial charge < -0.3 is 5.32 Å². The minimum Gasteiger partial charge on any atom is -0.319 e. The molecule has 0 aromatic heterocycles. The average molecular weight is 317 g/mol. The van der Waals surface area contributed by atoms with Crippen LogP contribution in [0.4, 0.5) is 0 Å². The first kappa shape index (κ1) is 17.2. The predicted molar refractivity (Wildman–Crippen MR) is 86.4 cm³/mol. The van der Waals surface area contributed by atoms with Gasteiger partial charge in [-0.25, -0.2) is 0 Å². The fourth-order valence-corrected chi connectivity index (χ4v) is 5.79. The normalized spacial score (nSPS) is 26.3. The number of nitrogens with zero attached hydrogens (tertiary/aromatic N) is 2. The Balaban J connectivity index is 2.06. The highest BCUT2D eigenvalue weighted by molar-refractivity contribution is 7.86. The summed E-state index contributed by atoms with van der Waals surface area (Å²) in [5.41, 5.74) is 0. The van der Waals surface area contributed by atoms with Crippen LogP contribution in [0, 0.1) is 5.92 Å². The molecule has 6 heteroatoms. The molecule has 0 radical (unpaired) electrons. The maximum Gasteiger partial charge on any atom is 0.282 e. The molecule has 1 N–H and O–H groups in total. The molecule has 2 rings (SSSR count). The van der Waals surface area contributed by atoms with Gasteiger partial charge in [0.15, 0.2) is 0 Å². The quantitative estimate of drug-likeness (QED) is 0.813. The summed E-state index contributed by atoms with van der Waals surface area (Å²) >= 11 is 0. The van der Waals surface area contributed by atoms with E-state index >= 15 is 0 Å². The van der Waals surface area contributed by atoms with Crippen molar-refractivity contribution in [3.05, 3.63) is 0 Å². The molecule has 0 aromatic carbocycles. The van der Waals surface area contributed by atoms with Crippen molar-refractivity contribution >= 4 is 10.2 Å². The molecule has 0 bridgehead atoms. The minimum atomic E-state index is -3.29. The third-order valence-electron chi connectivity index (χ3n) is 4.89. The molecule has 21 heavy (non-hydrogen) atoms. The second-order valence-corrected chi connectivity index (χ2v) is 8.31. The predicted octanol–water partition coefficient (Wildman–Crippen LogP) is 1.82. The highest BCUT2D eigenvalue weighted by Gasteiger charge is 2.36. The van der Waals surface area contributed by atoms with Gasteiger partial charge in [-0.15, -0.1) is 0 Å². The van der Waals surface area contributed by atoms with Crippen LogP contribution in [0.5, 0.6) is 0 Å². The Morgan fingerprint density at radius 3 is 2.48 bits per heavy atom. The van der Waals surface area contributed by atoms with Gasteiger partial charge in [0.25, 0.3) is 10.2 Å². The van der Waals surface area contributed by atoms with Crippen molar-refractivity contribution in [1.82, 2.24) is 13.9 Å². The largest absolute Gasteiger partial charge is 0.319 e. The summed E-state index contributed by atoms with van der Waals surface area (Å²) in [6.45, 7) is 4.83. The van der Waals surface area contributed by atoms with E-state index in [0.717, 1.165) is 32.2 Å². The van der Waals surface area contributed by atoms with Gasteiger partial charge in [0.1, 0.15) is 0 Å². The first-order valence-corrected chi connectivity index (χ1v) is 9.90. The van der Waals surface area contributed by atoms with Gasteiger partial charge in [-0.3, -0.25) is 0 Å². The molecule has 1 saturated carbocycles. The molecule has 2 fully saturated rings. The van der Waals surface area contributed by atoms with Crippen LogP contribution >= 0.6 is 0 Å². The van der Waals surface area contributed by atoms with E-state index in [2.05, 4.69) is 5.32 Å². The molecular formula is C15H31N3O2S. The fourth-order valence-electron chi connectivity index (χ4n) is 3.82. The van der Waals surface area contributed by atoms with Crippen LogP contribution in [0.2, 0.25) is 0 Å². The molecule has 2 aliphatic rings. The van der Waals surface area contributed by atoms with Crippen LogP contribution in [-0.4, -0.2) is 56.3 Å². The first-order chi connectivity index (χ1) is 10.1. The van der Waals surface area contributed by atoms with Gasteiger partial charge in [0, 0.05) is 25.7 Å². The maximum absolute atomic E-state index is 13.0.